The maximum Gasteiger partial charge on any atom is 0.321 e. The van der Waals surface area contributed by atoms with Crippen molar-refractivity contribution in [2.45, 2.75) is 12.8 Å². The van der Waals surface area contributed by atoms with Crippen molar-refractivity contribution < 1.29 is 27.5 Å². The molecule has 1 aliphatic heterocycles. The molecule has 27 heavy (non-hydrogen) atoms. The summed E-state index contributed by atoms with van der Waals surface area (Å²) >= 11 is 0. The van der Waals surface area contributed by atoms with E-state index in [2.05, 4.69) is 5.32 Å². The first kappa shape index (κ1) is 18.8. The van der Waals surface area contributed by atoms with E-state index in [9.17, 15) is 22.8 Å². The number of para-hydroxylation sites is 1. The summed E-state index contributed by atoms with van der Waals surface area (Å²) in [6.45, 7) is 0.455. The summed E-state index contributed by atoms with van der Waals surface area (Å²) in [4.78, 5) is 26.0. The van der Waals surface area contributed by atoms with E-state index in [0.29, 0.717) is 25.5 Å². The molecule has 0 unspecified atom stereocenters. The predicted molar refractivity (Wildman–Crippen MR) is 91.7 cm³/mol. The van der Waals surface area contributed by atoms with E-state index in [1.807, 2.05) is 0 Å². The van der Waals surface area contributed by atoms with Crippen LogP contribution in [-0.2, 0) is 4.79 Å². The number of amides is 2. The van der Waals surface area contributed by atoms with Crippen LogP contribution in [0.1, 0.15) is 12.8 Å². The summed E-state index contributed by atoms with van der Waals surface area (Å²) in [5.74, 6) is -4.05. The molecule has 0 aliphatic carbocycles. The standard InChI is InChI=1S/C19H17F3N2O3/c20-13-7-8-17(15(22)10-13)27-18(25)12-4-3-9-24(11-12)19(26)23-16-6-2-1-5-14(16)21/h1-2,5-8,10,12H,3-4,9,11H2,(H,23,26)/t12-/m1/s1. The third-order valence-electron chi connectivity index (χ3n) is 4.26. The number of nitrogens with one attached hydrogen (secondary N) is 1. The molecule has 2 aromatic carbocycles. The van der Waals surface area contributed by atoms with Crippen molar-refractivity contribution in [3.05, 3.63) is 59.9 Å². The van der Waals surface area contributed by atoms with Crippen molar-refractivity contribution in [1.82, 2.24) is 4.90 Å². The van der Waals surface area contributed by atoms with Crippen molar-refractivity contribution in [2.24, 2.45) is 5.92 Å². The lowest BCUT2D eigenvalue weighted by molar-refractivity contribution is -0.140. The van der Waals surface area contributed by atoms with Gasteiger partial charge in [0.2, 0.25) is 0 Å². The van der Waals surface area contributed by atoms with Crippen LogP contribution in [0.3, 0.4) is 0 Å². The van der Waals surface area contributed by atoms with Gasteiger partial charge in [-0.25, -0.2) is 18.0 Å². The van der Waals surface area contributed by atoms with Crippen molar-refractivity contribution in [1.29, 1.82) is 0 Å². The molecule has 1 aliphatic rings. The molecule has 2 aromatic rings. The molecule has 0 aromatic heterocycles. The molecule has 5 nitrogen and oxygen atoms in total. The smallest absolute Gasteiger partial charge is 0.321 e. The fourth-order valence-electron chi connectivity index (χ4n) is 2.86. The Kier molecular flexibility index (Phi) is 5.63. The van der Waals surface area contributed by atoms with Gasteiger partial charge < -0.3 is 15.0 Å². The zero-order valence-electron chi connectivity index (χ0n) is 14.3. The number of esters is 1. The highest BCUT2D eigenvalue weighted by atomic mass is 19.1. The number of carbonyl (C=O) groups is 2. The average Bonchev–Trinajstić information content (AvgIpc) is 2.66. The van der Waals surface area contributed by atoms with Crippen molar-refractivity contribution in [2.75, 3.05) is 18.4 Å². The third kappa shape index (κ3) is 4.58. The molecule has 0 radical (unpaired) electrons. The van der Waals surface area contributed by atoms with Crippen LogP contribution in [0.2, 0.25) is 0 Å². The van der Waals surface area contributed by atoms with E-state index >= 15 is 0 Å². The first-order valence-electron chi connectivity index (χ1n) is 8.41. The summed E-state index contributed by atoms with van der Waals surface area (Å²) in [5.41, 5.74) is 0.0422. The Labute approximate surface area is 153 Å². The van der Waals surface area contributed by atoms with Gasteiger partial charge in [-0.1, -0.05) is 12.1 Å². The van der Waals surface area contributed by atoms with Gasteiger partial charge in [-0.05, 0) is 37.1 Å². The minimum atomic E-state index is -0.978. The minimum Gasteiger partial charge on any atom is -0.423 e. The molecular formula is C19H17F3N2O3. The van der Waals surface area contributed by atoms with Crippen molar-refractivity contribution in [3.63, 3.8) is 0 Å². The maximum absolute atomic E-state index is 13.7. The van der Waals surface area contributed by atoms with Gasteiger partial charge >= 0.3 is 12.0 Å². The number of likely N-dealkylation sites (tertiary alicyclic amines) is 1. The van der Waals surface area contributed by atoms with E-state index in [4.69, 9.17) is 4.74 Å². The summed E-state index contributed by atoms with van der Waals surface area (Å²) in [6.07, 6.45) is 1.00. The monoisotopic (exact) mass is 378 g/mol. The second kappa shape index (κ2) is 8.11. The SMILES string of the molecule is O=C(Oc1ccc(F)cc1F)[C@@H]1CCCN(C(=O)Nc2ccccc2F)C1. The Bertz CT molecular complexity index is 860. The number of benzene rings is 2. The Hall–Kier alpha value is -3.03. The average molecular weight is 378 g/mol. The molecule has 8 heteroatoms. The van der Waals surface area contributed by atoms with Gasteiger partial charge in [-0.3, -0.25) is 4.79 Å². The van der Waals surface area contributed by atoms with E-state index in [-0.39, 0.29) is 18.0 Å². The van der Waals surface area contributed by atoms with Gasteiger partial charge in [0, 0.05) is 19.2 Å². The number of ether oxygens (including phenoxy) is 1. The number of nitrogens with zero attached hydrogens (tertiary/aromatic N) is 1. The molecule has 0 spiro atoms. The van der Waals surface area contributed by atoms with E-state index < -0.39 is 35.4 Å². The van der Waals surface area contributed by atoms with Crippen molar-refractivity contribution >= 4 is 17.7 Å². The highest BCUT2D eigenvalue weighted by molar-refractivity contribution is 5.90. The second-order valence-corrected chi connectivity index (χ2v) is 6.19. The van der Waals surface area contributed by atoms with Crippen molar-refractivity contribution in [3.8, 4) is 5.75 Å². The fraction of sp³-hybridized carbons (Fsp3) is 0.263. The van der Waals surface area contributed by atoms with Crippen LogP contribution in [0.4, 0.5) is 23.7 Å². The Morgan fingerprint density at radius 1 is 1.07 bits per heavy atom. The molecule has 142 valence electrons. The molecule has 1 fully saturated rings. The number of halogens is 3. The lowest BCUT2D eigenvalue weighted by Crippen LogP contribution is -2.45. The summed E-state index contributed by atoms with van der Waals surface area (Å²) in [6, 6.07) is 7.86. The number of anilines is 1. The van der Waals surface area contributed by atoms with Gasteiger partial charge in [-0.15, -0.1) is 0 Å². The van der Waals surface area contributed by atoms with Gasteiger partial charge in [0.15, 0.2) is 11.6 Å². The maximum atomic E-state index is 13.7. The van der Waals surface area contributed by atoms with Gasteiger partial charge in [0.05, 0.1) is 11.6 Å². The van der Waals surface area contributed by atoms with Gasteiger partial charge in [0.1, 0.15) is 11.6 Å². The summed E-state index contributed by atoms with van der Waals surface area (Å²) < 4.78 is 45.2. The van der Waals surface area contributed by atoms with Gasteiger partial charge in [-0.2, -0.15) is 0 Å². The number of carbonyl (C=O) groups excluding carboxylic acids is 2. The lowest BCUT2D eigenvalue weighted by Gasteiger charge is -2.31. The molecule has 0 bridgehead atoms. The van der Waals surface area contributed by atoms with E-state index in [0.717, 1.165) is 12.1 Å². The van der Waals surface area contributed by atoms with Gasteiger partial charge in [0.25, 0.3) is 0 Å². The Morgan fingerprint density at radius 3 is 2.59 bits per heavy atom. The zero-order chi connectivity index (χ0) is 19.4. The summed E-state index contributed by atoms with van der Waals surface area (Å²) in [5, 5.41) is 2.46. The molecule has 2 amide bonds. The first-order valence-corrected chi connectivity index (χ1v) is 8.41. The Morgan fingerprint density at radius 2 is 1.85 bits per heavy atom. The number of urea groups is 1. The van der Waals surface area contributed by atoms with Crippen LogP contribution in [0.5, 0.6) is 5.75 Å². The van der Waals surface area contributed by atoms with Crippen LogP contribution < -0.4 is 10.1 Å². The second-order valence-electron chi connectivity index (χ2n) is 6.19. The van der Waals surface area contributed by atoms with E-state index in [1.54, 1.807) is 6.07 Å². The Balaban J connectivity index is 1.62. The van der Waals surface area contributed by atoms with E-state index in [1.165, 1.54) is 23.1 Å². The molecular weight excluding hydrogens is 361 g/mol. The predicted octanol–water partition coefficient (Wildman–Crippen LogP) is 3.95. The third-order valence-corrected chi connectivity index (χ3v) is 4.26. The number of piperidine rings is 1. The number of hydrogen-bond donors (Lipinski definition) is 1. The van der Waals surface area contributed by atoms with Crippen LogP contribution in [0.25, 0.3) is 0 Å². The van der Waals surface area contributed by atoms with Crippen LogP contribution in [-0.4, -0.2) is 30.0 Å². The van der Waals surface area contributed by atoms with Crippen LogP contribution >= 0.6 is 0 Å². The van der Waals surface area contributed by atoms with Crippen LogP contribution in [0.15, 0.2) is 42.5 Å². The zero-order valence-corrected chi connectivity index (χ0v) is 14.3. The minimum absolute atomic E-state index is 0.0422. The molecule has 1 atom stereocenters. The first-order chi connectivity index (χ1) is 12.9. The van der Waals surface area contributed by atoms with Crippen LogP contribution in [0, 0.1) is 23.4 Å². The quantitative estimate of drug-likeness (QED) is 0.650. The largest absolute Gasteiger partial charge is 0.423 e. The normalized spacial score (nSPS) is 16.7. The number of rotatable bonds is 3. The highest BCUT2D eigenvalue weighted by Crippen LogP contribution is 2.23. The lowest BCUT2D eigenvalue weighted by atomic mass is 9.98. The molecule has 3 rings (SSSR count). The molecule has 0 saturated carbocycles. The fourth-order valence-corrected chi connectivity index (χ4v) is 2.86. The molecule has 1 heterocycles. The number of hydrogen-bond acceptors (Lipinski definition) is 3. The molecule has 1 N–H and O–H groups in total. The topological polar surface area (TPSA) is 58.6 Å². The molecule has 1 saturated heterocycles. The summed E-state index contributed by atoms with van der Waals surface area (Å²) in [7, 11) is 0. The highest BCUT2D eigenvalue weighted by Gasteiger charge is 2.30.